The minimum atomic E-state index is 0.353. The van der Waals surface area contributed by atoms with Gasteiger partial charge in [0.25, 0.3) is 0 Å². The first-order valence-electron chi connectivity index (χ1n) is 11.8. The van der Waals surface area contributed by atoms with E-state index < -0.39 is 0 Å². The molecule has 162 valence electrons. The number of piperidine rings is 1. The predicted molar refractivity (Wildman–Crippen MR) is 119 cm³/mol. The van der Waals surface area contributed by atoms with Gasteiger partial charge in [0, 0.05) is 45.3 Å². The average molecular weight is 393 g/mol. The van der Waals surface area contributed by atoms with Crippen molar-refractivity contribution in [1.29, 1.82) is 0 Å². The molecule has 0 aromatic heterocycles. The van der Waals surface area contributed by atoms with Gasteiger partial charge in [0.1, 0.15) is 0 Å². The van der Waals surface area contributed by atoms with Gasteiger partial charge < -0.3 is 20.4 Å². The van der Waals surface area contributed by atoms with E-state index in [9.17, 15) is 0 Å². The topological polar surface area (TPSA) is 46.1 Å². The summed E-state index contributed by atoms with van der Waals surface area (Å²) < 4.78 is 0. The summed E-state index contributed by atoms with van der Waals surface area (Å²) in [4.78, 5) is 12.3. The summed E-state index contributed by atoms with van der Waals surface area (Å²) in [7, 11) is 4.14. The largest absolute Gasteiger partial charge is 0.355 e. The van der Waals surface area contributed by atoms with Crippen LogP contribution in [0.5, 0.6) is 0 Å². The van der Waals surface area contributed by atoms with Crippen molar-refractivity contribution in [3.63, 3.8) is 0 Å². The molecule has 2 N–H and O–H groups in total. The van der Waals surface area contributed by atoms with Crippen molar-refractivity contribution in [2.75, 3.05) is 73.0 Å². The Labute approximate surface area is 173 Å². The lowest BCUT2D eigenvalue weighted by Gasteiger charge is -2.48. The summed E-state index contributed by atoms with van der Waals surface area (Å²) in [6, 6.07) is 0. The van der Waals surface area contributed by atoms with Crippen molar-refractivity contribution in [2.45, 2.75) is 63.3 Å². The Bertz CT molecular complexity index is 468. The van der Waals surface area contributed by atoms with Crippen molar-refractivity contribution in [3.05, 3.63) is 0 Å². The van der Waals surface area contributed by atoms with Gasteiger partial charge in [0.15, 0.2) is 5.96 Å². The highest BCUT2D eigenvalue weighted by Crippen LogP contribution is 2.35. The van der Waals surface area contributed by atoms with Crippen LogP contribution in [-0.2, 0) is 0 Å². The molecule has 2 aliphatic heterocycles. The third-order valence-electron chi connectivity index (χ3n) is 7.15. The molecule has 1 saturated carbocycles. The highest BCUT2D eigenvalue weighted by Gasteiger charge is 2.38. The van der Waals surface area contributed by atoms with Crippen LogP contribution >= 0.6 is 0 Å². The molecule has 2 saturated heterocycles. The van der Waals surface area contributed by atoms with Gasteiger partial charge in [-0.2, -0.15) is 0 Å². The van der Waals surface area contributed by atoms with Gasteiger partial charge >= 0.3 is 0 Å². The molecular weight excluding hydrogens is 348 g/mol. The zero-order valence-electron chi connectivity index (χ0n) is 18.5. The van der Waals surface area contributed by atoms with E-state index in [1.807, 2.05) is 7.05 Å². The smallest absolute Gasteiger partial charge is 0.191 e. The summed E-state index contributed by atoms with van der Waals surface area (Å²) in [5, 5.41) is 7.28. The second-order valence-electron chi connectivity index (χ2n) is 9.18. The van der Waals surface area contributed by atoms with Gasteiger partial charge in [-0.25, -0.2) is 0 Å². The molecule has 0 aromatic rings. The fourth-order valence-electron chi connectivity index (χ4n) is 5.31. The number of hydrogen-bond donors (Lipinski definition) is 2. The average Bonchev–Trinajstić information content (AvgIpc) is 2.96. The van der Waals surface area contributed by atoms with E-state index in [0.29, 0.717) is 5.54 Å². The SMILES string of the molecule is CN=C(NCCN1CCCN(C)CC1)NCC1(N2CCCCC2)CCCCC1. The summed E-state index contributed by atoms with van der Waals surface area (Å²) in [5.74, 6) is 0.980. The van der Waals surface area contributed by atoms with Crippen LogP contribution in [0.15, 0.2) is 4.99 Å². The maximum atomic E-state index is 4.51. The highest BCUT2D eigenvalue weighted by atomic mass is 15.3. The molecule has 6 nitrogen and oxygen atoms in total. The first-order chi connectivity index (χ1) is 13.7. The Morgan fingerprint density at radius 3 is 2.32 bits per heavy atom. The van der Waals surface area contributed by atoms with Gasteiger partial charge in [-0.05, 0) is 65.3 Å². The van der Waals surface area contributed by atoms with Crippen LogP contribution in [-0.4, -0.2) is 99.2 Å². The lowest BCUT2D eigenvalue weighted by molar-refractivity contribution is 0.0368. The van der Waals surface area contributed by atoms with Gasteiger partial charge in [0.05, 0.1) is 0 Å². The monoisotopic (exact) mass is 392 g/mol. The molecule has 0 aromatic carbocycles. The molecule has 3 aliphatic rings. The molecule has 0 unspecified atom stereocenters. The first kappa shape index (κ1) is 21.8. The molecule has 0 radical (unpaired) electrons. The third kappa shape index (κ3) is 6.33. The number of guanidine groups is 1. The fourth-order valence-corrected chi connectivity index (χ4v) is 5.31. The molecule has 0 spiro atoms. The van der Waals surface area contributed by atoms with Crippen molar-refractivity contribution in [3.8, 4) is 0 Å². The van der Waals surface area contributed by atoms with Crippen LogP contribution in [0.4, 0.5) is 0 Å². The highest BCUT2D eigenvalue weighted by molar-refractivity contribution is 5.79. The van der Waals surface area contributed by atoms with Gasteiger partial charge in [-0.15, -0.1) is 0 Å². The van der Waals surface area contributed by atoms with E-state index in [2.05, 4.69) is 37.4 Å². The number of likely N-dealkylation sites (tertiary alicyclic amines) is 1. The molecule has 6 heteroatoms. The molecule has 28 heavy (non-hydrogen) atoms. The molecule has 3 rings (SSSR count). The number of likely N-dealkylation sites (N-methyl/N-ethyl adjacent to an activating group) is 1. The predicted octanol–water partition coefficient (Wildman–Crippen LogP) is 1.98. The van der Waals surface area contributed by atoms with Crippen molar-refractivity contribution in [1.82, 2.24) is 25.3 Å². The zero-order chi connectivity index (χ0) is 19.7. The van der Waals surface area contributed by atoms with Crippen molar-refractivity contribution >= 4 is 5.96 Å². The summed E-state index contributed by atoms with van der Waals surface area (Å²) in [6.45, 7) is 10.5. The molecular formula is C22H44N6. The minimum Gasteiger partial charge on any atom is -0.355 e. The number of rotatable bonds is 6. The molecule has 0 bridgehead atoms. The second-order valence-corrected chi connectivity index (χ2v) is 9.18. The van der Waals surface area contributed by atoms with E-state index in [1.165, 1.54) is 97.1 Å². The molecule has 1 aliphatic carbocycles. The molecule has 2 heterocycles. The molecule has 3 fully saturated rings. The maximum absolute atomic E-state index is 4.51. The summed E-state index contributed by atoms with van der Waals surface area (Å²) in [5.41, 5.74) is 0.353. The van der Waals surface area contributed by atoms with Crippen molar-refractivity contribution in [2.24, 2.45) is 4.99 Å². The van der Waals surface area contributed by atoms with Crippen LogP contribution in [0.25, 0.3) is 0 Å². The van der Waals surface area contributed by atoms with Gasteiger partial charge in [-0.3, -0.25) is 9.89 Å². The van der Waals surface area contributed by atoms with Gasteiger partial charge in [-0.1, -0.05) is 25.7 Å². The standard InChI is InChI=1S/C22H44N6/c1-23-21(24-12-17-27-14-9-13-26(2)18-19-27)25-20-22(10-5-3-6-11-22)28-15-7-4-8-16-28/h3-20H2,1-2H3,(H2,23,24,25). The maximum Gasteiger partial charge on any atom is 0.191 e. The van der Waals surface area contributed by atoms with Crippen LogP contribution in [0.1, 0.15) is 57.8 Å². The summed E-state index contributed by atoms with van der Waals surface area (Å²) >= 11 is 0. The van der Waals surface area contributed by atoms with Crippen LogP contribution in [0, 0.1) is 0 Å². The van der Waals surface area contributed by atoms with E-state index >= 15 is 0 Å². The first-order valence-corrected chi connectivity index (χ1v) is 11.8. The van der Waals surface area contributed by atoms with Crippen molar-refractivity contribution < 1.29 is 0 Å². The third-order valence-corrected chi connectivity index (χ3v) is 7.15. The van der Waals surface area contributed by atoms with E-state index in [4.69, 9.17) is 0 Å². The Hall–Kier alpha value is -0.850. The van der Waals surface area contributed by atoms with Crippen LogP contribution < -0.4 is 10.6 Å². The lowest BCUT2D eigenvalue weighted by Crippen LogP contribution is -2.59. The van der Waals surface area contributed by atoms with Crippen LogP contribution in [0.3, 0.4) is 0 Å². The Balaban J connectivity index is 1.45. The molecule has 0 atom stereocenters. The van der Waals surface area contributed by atoms with Crippen LogP contribution in [0.2, 0.25) is 0 Å². The Kier molecular flexibility index (Phi) is 8.87. The summed E-state index contributed by atoms with van der Waals surface area (Å²) in [6.07, 6.45) is 12.3. The zero-order valence-corrected chi connectivity index (χ0v) is 18.5. The Morgan fingerprint density at radius 1 is 0.821 bits per heavy atom. The number of aliphatic imine (C=N–C) groups is 1. The number of nitrogens with zero attached hydrogens (tertiary/aromatic N) is 4. The van der Waals surface area contributed by atoms with E-state index in [0.717, 1.165) is 25.6 Å². The Morgan fingerprint density at radius 2 is 1.57 bits per heavy atom. The fraction of sp³-hybridized carbons (Fsp3) is 0.955. The van der Waals surface area contributed by atoms with E-state index in [1.54, 1.807) is 0 Å². The quantitative estimate of drug-likeness (QED) is 0.535. The van der Waals surface area contributed by atoms with E-state index in [-0.39, 0.29) is 0 Å². The lowest BCUT2D eigenvalue weighted by atomic mass is 9.79. The van der Waals surface area contributed by atoms with Gasteiger partial charge in [0.2, 0.25) is 0 Å². The number of hydrogen-bond acceptors (Lipinski definition) is 4. The number of nitrogens with one attached hydrogen (secondary N) is 2. The minimum absolute atomic E-state index is 0.353. The molecule has 0 amide bonds. The normalized spacial score (nSPS) is 26.0. The second kappa shape index (κ2) is 11.4.